The third kappa shape index (κ3) is 3.52. The zero-order valence-corrected chi connectivity index (χ0v) is 12.3. The zero-order valence-electron chi connectivity index (χ0n) is 10.7. The summed E-state index contributed by atoms with van der Waals surface area (Å²) in [5.74, 6) is -4.49. The summed E-state index contributed by atoms with van der Waals surface area (Å²) in [4.78, 5) is 0. The van der Waals surface area contributed by atoms with Crippen molar-refractivity contribution in [3.63, 3.8) is 0 Å². The molecule has 0 aliphatic heterocycles. The van der Waals surface area contributed by atoms with Gasteiger partial charge in [0.25, 0.3) is 0 Å². The Morgan fingerprint density at radius 2 is 1.85 bits per heavy atom. The maximum Gasteiger partial charge on any atom is 0.248 e. The van der Waals surface area contributed by atoms with E-state index in [0.717, 1.165) is 6.07 Å². The van der Waals surface area contributed by atoms with E-state index in [1.54, 1.807) is 0 Å². The molecule has 1 nitrogen and oxygen atoms in total. The minimum absolute atomic E-state index is 0.122. The second-order valence-electron chi connectivity index (χ2n) is 5.29. The normalized spacial score (nSPS) is 20.9. The van der Waals surface area contributed by atoms with Crippen LogP contribution >= 0.6 is 15.9 Å². The summed E-state index contributed by atoms with van der Waals surface area (Å²) in [7, 11) is 0. The van der Waals surface area contributed by atoms with Crippen molar-refractivity contribution in [2.24, 2.45) is 5.92 Å². The van der Waals surface area contributed by atoms with Gasteiger partial charge in [0, 0.05) is 24.8 Å². The van der Waals surface area contributed by atoms with E-state index in [2.05, 4.69) is 15.9 Å². The number of benzene rings is 1. The summed E-state index contributed by atoms with van der Waals surface area (Å²) in [5.41, 5.74) is -0.204. The van der Waals surface area contributed by atoms with Gasteiger partial charge in [-0.3, -0.25) is 0 Å². The monoisotopic (exact) mass is 354 g/mol. The molecule has 0 bridgehead atoms. The Kier molecular flexibility index (Phi) is 4.74. The average Bonchev–Trinajstić information content (AvgIpc) is 2.39. The first-order valence-corrected chi connectivity index (χ1v) is 7.28. The van der Waals surface area contributed by atoms with Gasteiger partial charge >= 0.3 is 0 Å². The highest BCUT2D eigenvalue weighted by Crippen LogP contribution is 2.38. The number of hydrogen-bond donors (Lipinski definition) is 1. The fourth-order valence-electron chi connectivity index (χ4n) is 2.58. The molecule has 6 heteroatoms. The van der Waals surface area contributed by atoms with Crippen LogP contribution in [0.4, 0.5) is 17.6 Å². The van der Waals surface area contributed by atoms with E-state index in [9.17, 15) is 22.7 Å². The smallest absolute Gasteiger partial charge is 0.248 e. The molecule has 1 N–H and O–H groups in total. The van der Waals surface area contributed by atoms with Crippen LogP contribution in [0.1, 0.15) is 31.2 Å². The Hall–Kier alpha value is -0.620. The van der Waals surface area contributed by atoms with E-state index >= 15 is 0 Å². The van der Waals surface area contributed by atoms with Gasteiger partial charge in [-0.1, -0.05) is 0 Å². The fraction of sp³-hybridized carbons (Fsp3) is 0.571. The topological polar surface area (TPSA) is 20.2 Å². The lowest BCUT2D eigenvalue weighted by molar-refractivity contribution is -0.0621. The van der Waals surface area contributed by atoms with Crippen LogP contribution < -0.4 is 0 Å². The number of aliphatic hydroxyl groups excluding tert-OH is 1. The van der Waals surface area contributed by atoms with Crippen LogP contribution in [0.25, 0.3) is 0 Å². The third-order valence-electron chi connectivity index (χ3n) is 3.86. The van der Waals surface area contributed by atoms with Gasteiger partial charge in [0.2, 0.25) is 5.92 Å². The molecule has 20 heavy (non-hydrogen) atoms. The maximum absolute atomic E-state index is 13.8. The van der Waals surface area contributed by atoms with Crippen LogP contribution in [0.2, 0.25) is 0 Å². The fourth-order valence-corrected chi connectivity index (χ4v) is 2.95. The molecule has 112 valence electrons. The largest absolute Gasteiger partial charge is 0.392 e. The van der Waals surface area contributed by atoms with Crippen LogP contribution in [0, 0.1) is 17.6 Å². The molecule has 1 aliphatic rings. The summed E-state index contributed by atoms with van der Waals surface area (Å²) in [6.07, 6.45) is -1.43. The lowest BCUT2D eigenvalue weighted by Gasteiger charge is -2.31. The van der Waals surface area contributed by atoms with Gasteiger partial charge in [0.15, 0.2) is 0 Å². The van der Waals surface area contributed by atoms with Crippen LogP contribution in [0.5, 0.6) is 0 Å². The molecular formula is C14H15BrF4O. The van der Waals surface area contributed by atoms with Gasteiger partial charge in [-0.2, -0.15) is 0 Å². The minimum Gasteiger partial charge on any atom is -0.392 e. The first-order chi connectivity index (χ1) is 9.30. The van der Waals surface area contributed by atoms with Crippen molar-refractivity contribution in [2.75, 3.05) is 0 Å². The van der Waals surface area contributed by atoms with Crippen molar-refractivity contribution in [3.8, 4) is 0 Å². The third-order valence-corrected chi connectivity index (χ3v) is 4.47. The second kappa shape index (κ2) is 6.02. The number of rotatable bonds is 3. The highest BCUT2D eigenvalue weighted by molar-refractivity contribution is 9.10. The highest BCUT2D eigenvalue weighted by atomic mass is 79.9. The number of halogens is 5. The number of hydrogen-bond acceptors (Lipinski definition) is 1. The van der Waals surface area contributed by atoms with Crippen LogP contribution in [-0.4, -0.2) is 17.1 Å². The minimum atomic E-state index is -2.68. The maximum atomic E-state index is 13.8. The first-order valence-electron chi connectivity index (χ1n) is 6.48. The van der Waals surface area contributed by atoms with Gasteiger partial charge in [-0.15, -0.1) is 0 Å². The number of alkyl halides is 2. The van der Waals surface area contributed by atoms with Gasteiger partial charge in [-0.25, -0.2) is 17.6 Å². The molecule has 1 unspecified atom stereocenters. The standard InChI is InChI=1S/C14H15BrF4O/c15-10-1-2-11(16)9(13(10)17)7-12(20)8-3-5-14(18,19)6-4-8/h1-2,8,12,20H,3-7H2. The molecule has 0 heterocycles. The van der Waals surface area contributed by atoms with Crippen molar-refractivity contribution in [1.29, 1.82) is 0 Å². The predicted molar refractivity (Wildman–Crippen MR) is 70.7 cm³/mol. The van der Waals surface area contributed by atoms with Gasteiger partial charge in [-0.05, 0) is 46.8 Å². The molecule has 0 spiro atoms. The van der Waals surface area contributed by atoms with Gasteiger partial charge in [0.1, 0.15) is 11.6 Å². The summed E-state index contributed by atoms with van der Waals surface area (Å²) in [5, 5.41) is 10.0. The SMILES string of the molecule is OC(Cc1c(F)ccc(Br)c1F)C1CCC(F)(F)CC1. The lowest BCUT2D eigenvalue weighted by atomic mass is 9.81. The molecule has 0 amide bonds. The lowest BCUT2D eigenvalue weighted by Crippen LogP contribution is -2.32. The molecule has 1 saturated carbocycles. The average molecular weight is 355 g/mol. The molecule has 1 aromatic carbocycles. The first kappa shape index (κ1) is 15.8. The molecule has 1 aliphatic carbocycles. The van der Waals surface area contributed by atoms with Gasteiger partial charge < -0.3 is 5.11 Å². The van der Waals surface area contributed by atoms with Crippen molar-refractivity contribution in [3.05, 3.63) is 33.8 Å². The number of aliphatic hydroxyl groups is 1. The molecule has 2 rings (SSSR count). The van der Waals surface area contributed by atoms with Crippen molar-refractivity contribution in [1.82, 2.24) is 0 Å². The van der Waals surface area contributed by atoms with E-state index in [4.69, 9.17) is 0 Å². The van der Waals surface area contributed by atoms with Crippen LogP contribution in [-0.2, 0) is 6.42 Å². The molecule has 1 atom stereocenters. The molecule has 1 fully saturated rings. The summed E-state index contributed by atoms with van der Waals surface area (Å²) >= 11 is 2.96. The second-order valence-corrected chi connectivity index (χ2v) is 6.14. The Labute approximate surface area is 123 Å². The van der Waals surface area contributed by atoms with E-state index in [1.807, 2.05) is 0 Å². The summed E-state index contributed by atoms with van der Waals surface area (Å²) < 4.78 is 53.6. The zero-order chi connectivity index (χ0) is 14.9. The molecule has 0 radical (unpaired) electrons. The van der Waals surface area contributed by atoms with Crippen LogP contribution in [0.15, 0.2) is 16.6 Å². The molecular weight excluding hydrogens is 340 g/mol. The van der Waals surface area contributed by atoms with E-state index in [-0.39, 0.29) is 48.1 Å². The van der Waals surface area contributed by atoms with Crippen molar-refractivity contribution < 1.29 is 22.7 Å². The van der Waals surface area contributed by atoms with Gasteiger partial charge in [0.05, 0.1) is 10.6 Å². The quantitative estimate of drug-likeness (QED) is 0.627. The predicted octanol–water partition coefficient (Wildman–Crippen LogP) is 4.46. The molecule has 0 saturated heterocycles. The molecule has 1 aromatic rings. The summed E-state index contributed by atoms with van der Waals surface area (Å²) in [6, 6.07) is 2.37. The summed E-state index contributed by atoms with van der Waals surface area (Å²) in [6.45, 7) is 0. The van der Waals surface area contributed by atoms with E-state index in [0.29, 0.717) is 0 Å². The highest BCUT2D eigenvalue weighted by Gasteiger charge is 2.37. The molecule has 0 aromatic heterocycles. The van der Waals surface area contributed by atoms with Crippen molar-refractivity contribution in [2.45, 2.75) is 44.1 Å². The Balaban J connectivity index is 2.06. The Morgan fingerprint density at radius 3 is 2.45 bits per heavy atom. The van der Waals surface area contributed by atoms with E-state index in [1.165, 1.54) is 6.07 Å². The van der Waals surface area contributed by atoms with Crippen LogP contribution in [0.3, 0.4) is 0 Å². The Morgan fingerprint density at radius 1 is 1.25 bits per heavy atom. The van der Waals surface area contributed by atoms with E-state index < -0.39 is 23.7 Å². The van der Waals surface area contributed by atoms with Crippen molar-refractivity contribution >= 4 is 15.9 Å². The Bertz CT molecular complexity index is 482.